The first-order valence-corrected chi connectivity index (χ1v) is 7.01. The number of halogens is 2. The van der Waals surface area contributed by atoms with Gasteiger partial charge >= 0.3 is 0 Å². The number of alkyl halides is 1. The number of hydrogen-bond donors (Lipinski definition) is 1. The van der Waals surface area contributed by atoms with Crippen LogP contribution in [0, 0.1) is 5.92 Å². The lowest BCUT2D eigenvalue weighted by atomic mass is 9.90. The van der Waals surface area contributed by atoms with Crippen molar-refractivity contribution in [1.29, 1.82) is 0 Å². The van der Waals surface area contributed by atoms with Crippen molar-refractivity contribution in [3.05, 3.63) is 11.9 Å². The summed E-state index contributed by atoms with van der Waals surface area (Å²) < 4.78 is 51.8. The molecule has 17 heavy (non-hydrogen) atoms. The Morgan fingerprint density at radius 1 is 1.59 bits per heavy atom. The number of nitrogens with one attached hydrogen (secondary N) is 1. The Bertz CT molecular complexity index is 408. The maximum atomic E-state index is 13.7. The lowest BCUT2D eigenvalue weighted by Crippen LogP contribution is -2.47. The first kappa shape index (κ1) is 14.2. The Hall–Kier alpha value is -0.820. The Morgan fingerprint density at radius 2 is 2.24 bits per heavy atom. The quantitative estimate of drug-likeness (QED) is 0.759. The number of carbonyl (C=O) groups excluding carboxylic acids is 1. The molecule has 0 amide bonds. The summed E-state index contributed by atoms with van der Waals surface area (Å²) in [6.45, 7) is 1.68. The van der Waals surface area contributed by atoms with Crippen LogP contribution in [0.2, 0.25) is 0 Å². The minimum absolute atomic E-state index is 0.0831. The molecule has 3 unspecified atom stereocenters. The van der Waals surface area contributed by atoms with E-state index in [1.165, 1.54) is 0 Å². The fourth-order valence-corrected chi connectivity index (χ4v) is 3.06. The Morgan fingerprint density at radius 3 is 2.76 bits per heavy atom. The van der Waals surface area contributed by atoms with Crippen LogP contribution in [0.3, 0.4) is 0 Å². The number of carbonyl (C=O) groups is 1. The van der Waals surface area contributed by atoms with Crippen LogP contribution in [0.5, 0.6) is 0 Å². The topological polar surface area (TPSA) is 63.2 Å². The van der Waals surface area contributed by atoms with E-state index in [0.29, 0.717) is 6.42 Å². The van der Waals surface area contributed by atoms with Crippen molar-refractivity contribution < 1.29 is 22.0 Å². The lowest BCUT2D eigenvalue weighted by molar-refractivity contribution is -0.112. The minimum atomic E-state index is -3.57. The summed E-state index contributed by atoms with van der Waals surface area (Å²) in [5.41, 5.74) is 0. The zero-order chi connectivity index (χ0) is 13.1. The molecular weight excluding hydrogens is 252 g/mol. The molecule has 0 aliphatic heterocycles. The highest BCUT2D eigenvalue weighted by Gasteiger charge is 2.37. The van der Waals surface area contributed by atoms with E-state index < -0.39 is 34.0 Å². The van der Waals surface area contributed by atoms with Gasteiger partial charge in [-0.1, -0.05) is 13.0 Å². The molecule has 0 bridgehead atoms. The summed E-state index contributed by atoms with van der Waals surface area (Å²) in [6, 6.07) is -1.07. The number of hydrogen-bond acceptors (Lipinski definition) is 3. The van der Waals surface area contributed by atoms with E-state index in [1.807, 2.05) is 0 Å². The minimum Gasteiger partial charge on any atom is -0.302 e. The first-order valence-electron chi connectivity index (χ1n) is 5.36. The molecule has 0 heterocycles. The summed E-state index contributed by atoms with van der Waals surface area (Å²) in [4.78, 5) is 10.5. The molecule has 1 N–H and O–H groups in total. The summed E-state index contributed by atoms with van der Waals surface area (Å²) in [7, 11) is -3.57. The zero-order valence-electron chi connectivity index (χ0n) is 9.40. The van der Waals surface area contributed by atoms with Gasteiger partial charge in [0.25, 0.3) is 0 Å². The number of allylic oxidation sites excluding steroid dienone is 1. The molecule has 7 heteroatoms. The van der Waals surface area contributed by atoms with Crippen LogP contribution < -0.4 is 4.72 Å². The smallest absolute Gasteiger partial charge is 0.211 e. The second kappa shape index (κ2) is 5.68. The van der Waals surface area contributed by atoms with E-state index in [4.69, 9.17) is 0 Å². The van der Waals surface area contributed by atoms with Crippen molar-refractivity contribution in [2.75, 3.05) is 5.75 Å². The van der Waals surface area contributed by atoms with E-state index in [2.05, 4.69) is 4.72 Å². The highest BCUT2D eigenvalue weighted by molar-refractivity contribution is 7.89. The number of aldehydes is 1. The summed E-state index contributed by atoms with van der Waals surface area (Å²) in [5.74, 6) is -2.45. The largest absolute Gasteiger partial charge is 0.302 e. The third-order valence-corrected chi connectivity index (χ3v) is 4.17. The van der Waals surface area contributed by atoms with Crippen molar-refractivity contribution in [1.82, 2.24) is 4.72 Å². The Balaban J connectivity index is 2.78. The SMILES string of the molecule is CCCS(=O)(=O)NC1CC=C(F)C(C=O)C1F. The van der Waals surface area contributed by atoms with Crippen LogP contribution >= 0.6 is 0 Å². The average Bonchev–Trinajstić information content (AvgIpc) is 2.23. The maximum absolute atomic E-state index is 13.7. The third kappa shape index (κ3) is 3.57. The molecule has 0 fully saturated rings. The van der Waals surface area contributed by atoms with Crippen molar-refractivity contribution in [3.63, 3.8) is 0 Å². The molecule has 0 aromatic carbocycles. The molecule has 3 atom stereocenters. The van der Waals surface area contributed by atoms with Crippen molar-refractivity contribution in [2.24, 2.45) is 5.92 Å². The molecule has 0 saturated heterocycles. The van der Waals surface area contributed by atoms with Crippen molar-refractivity contribution in [3.8, 4) is 0 Å². The van der Waals surface area contributed by atoms with Crippen molar-refractivity contribution in [2.45, 2.75) is 32.0 Å². The lowest BCUT2D eigenvalue weighted by Gasteiger charge is -2.27. The second-order valence-electron chi connectivity index (χ2n) is 3.97. The van der Waals surface area contributed by atoms with Gasteiger partial charge in [-0.2, -0.15) is 0 Å². The van der Waals surface area contributed by atoms with Gasteiger partial charge in [-0.15, -0.1) is 0 Å². The molecule has 98 valence electrons. The van der Waals surface area contributed by atoms with Gasteiger partial charge in [0.15, 0.2) is 0 Å². The third-order valence-electron chi connectivity index (χ3n) is 2.56. The Kier molecular flexibility index (Phi) is 4.76. The van der Waals surface area contributed by atoms with Gasteiger partial charge in [0.05, 0.1) is 17.7 Å². The molecule has 0 aromatic rings. The highest BCUT2D eigenvalue weighted by atomic mass is 32.2. The van der Waals surface area contributed by atoms with Crippen LogP contribution in [-0.2, 0) is 14.8 Å². The first-order chi connectivity index (χ1) is 7.91. The van der Waals surface area contributed by atoms with Gasteiger partial charge in [-0.25, -0.2) is 21.9 Å². The molecule has 0 saturated carbocycles. The van der Waals surface area contributed by atoms with Gasteiger partial charge in [-0.3, -0.25) is 0 Å². The summed E-state index contributed by atoms with van der Waals surface area (Å²) in [5, 5.41) is 0. The molecule has 1 aliphatic rings. The molecule has 1 rings (SSSR count). The highest BCUT2D eigenvalue weighted by Crippen LogP contribution is 2.27. The fraction of sp³-hybridized carbons (Fsp3) is 0.700. The van der Waals surface area contributed by atoms with Crippen LogP contribution in [0.25, 0.3) is 0 Å². The van der Waals surface area contributed by atoms with Crippen molar-refractivity contribution >= 4 is 16.3 Å². The van der Waals surface area contributed by atoms with E-state index in [1.54, 1.807) is 6.92 Å². The van der Waals surface area contributed by atoms with Gasteiger partial charge < -0.3 is 4.79 Å². The predicted molar refractivity (Wildman–Crippen MR) is 59.3 cm³/mol. The van der Waals surface area contributed by atoms with Gasteiger partial charge in [-0.05, 0) is 12.8 Å². The monoisotopic (exact) mass is 267 g/mol. The maximum Gasteiger partial charge on any atom is 0.211 e. The standard InChI is InChI=1S/C10H15F2NO3S/c1-2-5-17(15,16)13-9-4-3-8(11)7(6-14)10(9)12/h3,6-7,9-10,13H,2,4-5H2,1H3. The number of rotatable bonds is 5. The number of sulfonamides is 1. The normalized spacial score (nSPS) is 29.8. The van der Waals surface area contributed by atoms with E-state index in [-0.39, 0.29) is 18.5 Å². The predicted octanol–water partition coefficient (Wildman–Crippen LogP) is 1.09. The Labute approximate surface area is 99.1 Å². The summed E-state index contributed by atoms with van der Waals surface area (Å²) >= 11 is 0. The fourth-order valence-electron chi connectivity index (χ4n) is 1.72. The van der Waals surface area contributed by atoms with Crippen LogP contribution in [0.15, 0.2) is 11.9 Å². The average molecular weight is 267 g/mol. The van der Waals surface area contributed by atoms with Crippen LogP contribution in [-0.4, -0.2) is 32.7 Å². The molecule has 4 nitrogen and oxygen atoms in total. The molecule has 0 spiro atoms. The van der Waals surface area contributed by atoms with Crippen LogP contribution in [0.4, 0.5) is 8.78 Å². The van der Waals surface area contributed by atoms with Gasteiger partial charge in [0.2, 0.25) is 10.0 Å². The summed E-state index contributed by atoms with van der Waals surface area (Å²) in [6.07, 6.45) is -0.324. The van der Waals surface area contributed by atoms with E-state index in [9.17, 15) is 22.0 Å². The van der Waals surface area contributed by atoms with Crippen LogP contribution in [0.1, 0.15) is 19.8 Å². The van der Waals surface area contributed by atoms with E-state index in [0.717, 1.165) is 6.08 Å². The second-order valence-corrected chi connectivity index (χ2v) is 5.85. The molecular formula is C10H15F2NO3S. The van der Waals surface area contributed by atoms with Gasteiger partial charge in [0, 0.05) is 0 Å². The molecule has 1 aliphatic carbocycles. The molecule has 0 aromatic heterocycles. The van der Waals surface area contributed by atoms with E-state index >= 15 is 0 Å². The zero-order valence-corrected chi connectivity index (χ0v) is 10.2. The molecule has 0 radical (unpaired) electrons. The van der Waals surface area contributed by atoms with Gasteiger partial charge in [0.1, 0.15) is 18.3 Å².